The van der Waals surface area contributed by atoms with E-state index < -0.39 is 40.0 Å². The Hall–Kier alpha value is -2.14. The van der Waals surface area contributed by atoms with Gasteiger partial charge in [-0.25, -0.2) is 17.5 Å². The lowest BCUT2D eigenvalue weighted by molar-refractivity contribution is -0.131. The molecule has 0 spiro atoms. The van der Waals surface area contributed by atoms with Gasteiger partial charge in [-0.2, -0.15) is 0 Å². The standard InChI is InChI=1S/C20H32N4O6S/c1-13(2)17-18-15(24(19(17)26)31(3,28)29)8-12-23(18)16(25)5-4-9-22-10-6-14(7-11-22)30-20(21)27/h4-5,13-15,17-18H,6-12H2,1-3H3,(H2,21,27)/b5-4+/t15-,17+,18-/m0/s1. The van der Waals surface area contributed by atoms with Crippen molar-refractivity contribution in [1.82, 2.24) is 14.1 Å². The molecule has 0 saturated carbocycles. The van der Waals surface area contributed by atoms with Gasteiger partial charge in [0.1, 0.15) is 6.10 Å². The van der Waals surface area contributed by atoms with Crippen LogP contribution in [-0.2, 0) is 24.3 Å². The van der Waals surface area contributed by atoms with Gasteiger partial charge in [0.15, 0.2) is 0 Å². The van der Waals surface area contributed by atoms with Crippen molar-refractivity contribution >= 4 is 27.9 Å². The molecule has 3 fully saturated rings. The van der Waals surface area contributed by atoms with Gasteiger partial charge in [0, 0.05) is 32.3 Å². The molecule has 3 amide bonds. The van der Waals surface area contributed by atoms with E-state index in [1.807, 2.05) is 13.8 Å². The molecule has 0 bridgehead atoms. The Morgan fingerprint density at radius 2 is 1.84 bits per heavy atom. The third kappa shape index (κ3) is 5.03. The molecule has 3 rings (SSSR count). The van der Waals surface area contributed by atoms with E-state index >= 15 is 0 Å². The number of hydrogen-bond donors (Lipinski definition) is 1. The number of primary amides is 1. The van der Waals surface area contributed by atoms with Crippen molar-refractivity contribution in [3.63, 3.8) is 0 Å². The summed E-state index contributed by atoms with van der Waals surface area (Å²) in [5.41, 5.74) is 5.05. The Balaban J connectivity index is 1.61. The van der Waals surface area contributed by atoms with Crippen LogP contribution >= 0.6 is 0 Å². The monoisotopic (exact) mass is 456 g/mol. The third-order valence-electron chi connectivity index (χ3n) is 6.39. The zero-order valence-electron chi connectivity index (χ0n) is 18.3. The second-order valence-corrected chi connectivity index (χ2v) is 10.7. The lowest BCUT2D eigenvalue weighted by Gasteiger charge is -2.30. The van der Waals surface area contributed by atoms with Crippen molar-refractivity contribution in [2.75, 3.05) is 32.4 Å². The number of rotatable bonds is 6. The van der Waals surface area contributed by atoms with Gasteiger partial charge in [0.05, 0.1) is 24.3 Å². The van der Waals surface area contributed by atoms with Gasteiger partial charge in [0.2, 0.25) is 21.8 Å². The van der Waals surface area contributed by atoms with Crippen LogP contribution in [0.4, 0.5) is 4.79 Å². The number of ether oxygens (including phenoxy) is 1. The summed E-state index contributed by atoms with van der Waals surface area (Å²) < 4.78 is 30.4. The molecule has 3 aliphatic heterocycles. The molecular formula is C20H32N4O6S. The Kier molecular flexibility index (Phi) is 6.95. The van der Waals surface area contributed by atoms with Crippen LogP contribution in [0.5, 0.6) is 0 Å². The number of likely N-dealkylation sites (tertiary alicyclic amines) is 2. The number of carbonyl (C=O) groups excluding carboxylic acids is 3. The molecule has 3 aliphatic rings. The van der Waals surface area contributed by atoms with Crippen molar-refractivity contribution in [2.45, 2.75) is 51.3 Å². The minimum atomic E-state index is -3.68. The van der Waals surface area contributed by atoms with Gasteiger partial charge >= 0.3 is 6.09 Å². The number of fused-ring (bicyclic) bond motifs is 1. The van der Waals surface area contributed by atoms with Gasteiger partial charge in [0.25, 0.3) is 0 Å². The minimum Gasteiger partial charge on any atom is -0.446 e. The molecule has 0 radical (unpaired) electrons. The highest BCUT2D eigenvalue weighted by Gasteiger charge is 2.58. The van der Waals surface area contributed by atoms with Crippen LogP contribution in [0.2, 0.25) is 0 Å². The Morgan fingerprint density at radius 3 is 2.39 bits per heavy atom. The fourth-order valence-corrected chi connectivity index (χ4v) is 6.23. The average Bonchev–Trinajstić information content (AvgIpc) is 3.18. The van der Waals surface area contributed by atoms with Crippen LogP contribution in [0.15, 0.2) is 12.2 Å². The maximum atomic E-state index is 12.9. The predicted octanol–water partition coefficient (Wildman–Crippen LogP) is 0.146. The lowest BCUT2D eigenvalue weighted by atomic mass is 9.88. The van der Waals surface area contributed by atoms with Crippen LogP contribution in [0.3, 0.4) is 0 Å². The largest absolute Gasteiger partial charge is 0.446 e. The maximum absolute atomic E-state index is 12.9. The van der Waals surface area contributed by atoms with E-state index in [1.54, 1.807) is 11.0 Å². The van der Waals surface area contributed by atoms with Crippen LogP contribution in [0.1, 0.15) is 33.1 Å². The molecule has 3 saturated heterocycles. The van der Waals surface area contributed by atoms with E-state index in [2.05, 4.69) is 4.90 Å². The highest BCUT2D eigenvalue weighted by Crippen LogP contribution is 2.41. The Bertz CT molecular complexity index is 850. The fraction of sp³-hybridized carbons (Fsp3) is 0.750. The van der Waals surface area contributed by atoms with E-state index in [0.717, 1.165) is 23.7 Å². The molecule has 31 heavy (non-hydrogen) atoms. The summed E-state index contributed by atoms with van der Waals surface area (Å²) in [6, 6.07) is -0.919. The molecule has 0 aromatic rings. The third-order valence-corrected chi connectivity index (χ3v) is 7.56. The molecule has 3 heterocycles. The Morgan fingerprint density at radius 1 is 1.19 bits per heavy atom. The molecule has 10 nitrogen and oxygen atoms in total. The first-order chi connectivity index (χ1) is 14.5. The number of nitrogens with zero attached hydrogens (tertiary/aromatic N) is 3. The van der Waals surface area contributed by atoms with E-state index in [4.69, 9.17) is 10.5 Å². The quantitative estimate of drug-likeness (QED) is 0.563. The van der Waals surface area contributed by atoms with Crippen LogP contribution in [0, 0.1) is 11.8 Å². The molecule has 0 unspecified atom stereocenters. The predicted molar refractivity (Wildman–Crippen MR) is 113 cm³/mol. The highest BCUT2D eigenvalue weighted by atomic mass is 32.2. The van der Waals surface area contributed by atoms with E-state index in [0.29, 0.717) is 32.4 Å². The maximum Gasteiger partial charge on any atom is 0.404 e. The summed E-state index contributed by atoms with van der Waals surface area (Å²) in [5.74, 6) is -1.21. The van der Waals surface area contributed by atoms with Gasteiger partial charge in [-0.15, -0.1) is 0 Å². The molecule has 174 valence electrons. The number of hydrogen-bond acceptors (Lipinski definition) is 7. The number of nitrogens with two attached hydrogens (primary N) is 1. The van der Waals surface area contributed by atoms with Crippen molar-refractivity contribution in [3.8, 4) is 0 Å². The van der Waals surface area contributed by atoms with Gasteiger partial charge in [-0.05, 0) is 25.2 Å². The number of carbonyl (C=O) groups is 3. The molecule has 2 N–H and O–H groups in total. The van der Waals surface area contributed by atoms with E-state index in [1.165, 1.54) is 6.08 Å². The number of piperidine rings is 1. The van der Waals surface area contributed by atoms with E-state index in [-0.39, 0.29) is 17.9 Å². The molecule has 0 aromatic heterocycles. The summed E-state index contributed by atoms with van der Waals surface area (Å²) in [5, 5.41) is 0. The summed E-state index contributed by atoms with van der Waals surface area (Å²) in [6.07, 6.45) is 5.28. The first kappa shape index (κ1) is 23.5. The summed E-state index contributed by atoms with van der Waals surface area (Å²) in [4.78, 5) is 40.4. The van der Waals surface area contributed by atoms with Crippen molar-refractivity contribution in [3.05, 3.63) is 12.2 Å². The Labute approximate surface area is 183 Å². The van der Waals surface area contributed by atoms with Crippen molar-refractivity contribution in [1.29, 1.82) is 0 Å². The molecule has 3 atom stereocenters. The van der Waals surface area contributed by atoms with Crippen LogP contribution in [0.25, 0.3) is 0 Å². The van der Waals surface area contributed by atoms with Crippen molar-refractivity contribution < 1.29 is 27.5 Å². The minimum absolute atomic E-state index is 0.0759. The second kappa shape index (κ2) is 9.15. The first-order valence-electron chi connectivity index (χ1n) is 10.7. The smallest absolute Gasteiger partial charge is 0.404 e. The van der Waals surface area contributed by atoms with Crippen LogP contribution < -0.4 is 5.73 Å². The fourth-order valence-electron chi connectivity index (χ4n) is 5.06. The van der Waals surface area contributed by atoms with Crippen molar-refractivity contribution in [2.24, 2.45) is 17.6 Å². The second-order valence-electron chi connectivity index (χ2n) is 8.88. The van der Waals surface area contributed by atoms with Gasteiger partial charge in [-0.1, -0.05) is 19.9 Å². The summed E-state index contributed by atoms with van der Waals surface area (Å²) >= 11 is 0. The SMILES string of the molecule is CC(C)[C@H]1C(=O)N(S(C)(=O)=O)[C@H]2CCN(C(=O)/C=C/CN3CCC(OC(N)=O)CC3)[C@H]12. The molecular weight excluding hydrogens is 424 g/mol. The summed E-state index contributed by atoms with van der Waals surface area (Å²) in [7, 11) is -3.68. The number of amides is 3. The highest BCUT2D eigenvalue weighted by molar-refractivity contribution is 7.88. The molecule has 0 aromatic carbocycles. The molecule has 11 heteroatoms. The topological polar surface area (TPSA) is 130 Å². The lowest BCUT2D eigenvalue weighted by Crippen LogP contribution is -2.43. The number of sulfonamides is 1. The molecule has 0 aliphatic carbocycles. The first-order valence-corrected chi connectivity index (χ1v) is 12.5. The zero-order chi connectivity index (χ0) is 22.9. The van der Waals surface area contributed by atoms with Gasteiger partial charge in [-0.3, -0.25) is 14.5 Å². The zero-order valence-corrected chi connectivity index (χ0v) is 19.1. The summed E-state index contributed by atoms with van der Waals surface area (Å²) in [6.45, 7) is 6.24. The average molecular weight is 457 g/mol. The van der Waals surface area contributed by atoms with E-state index in [9.17, 15) is 22.8 Å². The normalized spacial score (nSPS) is 28.0. The van der Waals surface area contributed by atoms with Crippen LogP contribution in [-0.4, -0.2) is 91.1 Å². The van der Waals surface area contributed by atoms with Gasteiger partial charge < -0.3 is 15.4 Å².